The summed E-state index contributed by atoms with van der Waals surface area (Å²) >= 11 is 0. The SMILES string of the molecule is Nc1n[nH]nc1C(=O)Nc1ccccc1O. The highest BCUT2D eigenvalue weighted by Gasteiger charge is 2.15. The molecule has 7 heteroatoms. The Kier molecular flexibility index (Phi) is 2.42. The van der Waals surface area contributed by atoms with Gasteiger partial charge in [0.1, 0.15) is 5.75 Å². The number of aromatic hydroxyl groups is 1. The maximum atomic E-state index is 11.6. The zero-order chi connectivity index (χ0) is 11.5. The van der Waals surface area contributed by atoms with E-state index in [0.29, 0.717) is 0 Å². The molecule has 1 heterocycles. The van der Waals surface area contributed by atoms with Crippen molar-refractivity contribution in [1.29, 1.82) is 0 Å². The van der Waals surface area contributed by atoms with Crippen LogP contribution in [0.4, 0.5) is 11.5 Å². The number of benzene rings is 1. The number of aromatic nitrogens is 3. The number of aromatic amines is 1. The molecule has 0 spiro atoms. The molecule has 82 valence electrons. The highest BCUT2D eigenvalue weighted by atomic mass is 16.3. The average molecular weight is 219 g/mol. The Hall–Kier alpha value is -2.57. The van der Waals surface area contributed by atoms with Gasteiger partial charge in [0, 0.05) is 0 Å². The first-order valence-corrected chi connectivity index (χ1v) is 4.44. The Morgan fingerprint density at radius 3 is 2.75 bits per heavy atom. The van der Waals surface area contributed by atoms with E-state index in [4.69, 9.17) is 5.73 Å². The molecule has 0 unspecified atom stereocenters. The molecule has 7 nitrogen and oxygen atoms in total. The minimum Gasteiger partial charge on any atom is -0.506 e. The lowest BCUT2D eigenvalue weighted by molar-refractivity contribution is 0.102. The summed E-state index contributed by atoms with van der Waals surface area (Å²) < 4.78 is 0. The van der Waals surface area contributed by atoms with Gasteiger partial charge in [-0.3, -0.25) is 4.79 Å². The summed E-state index contributed by atoms with van der Waals surface area (Å²) in [4.78, 5) is 11.6. The first kappa shape index (κ1) is 9.97. The second-order valence-corrected chi connectivity index (χ2v) is 3.03. The zero-order valence-electron chi connectivity index (χ0n) is 8.14. The quantitative estimate of drug-likeness (QED) is 0.543. The van der Waals surface area contributed by atoms with Crippen LogP contribution >= 0.6 is 0 Å². The van der Waals surface area contributed by atoms with Crippen molar-refractivity contribution in [2.45, 2.75) is 0 Å². The van der Waals surface area contributed by atoms with E-state index < -0.39 is 5.91 Å². The highest BCUT2D eigenvalue weighted by Crippen LogP contribution is 2.22. The molecule has 1 aromatic carbocycles. The van der Waals surface area contributed by atoms with Gasteiger partial charge in [-0.1, -0.05) is 12.1 Å². The first-order chi connectivity index (χ1) is 7.68. The van der Waals surface area contributed by atoms with Crippen LogP contribution in [0, 0.1) is 0 Å². The van der Waals surface area contributed by atoms with Gasteiger partial charge in [0.05, 0.1) is 5.69 Å². The number of carbonyl (C=O) groups excluding carboxylic acids is 1. The summed E-state index contributed by atoms with van der Waals surface area (Å²) in [6.45, 7) is 0. The fourth-order valence-electron chi connectivity index (χ4n) is 1.17. The van der Waals surface area contributed by atoms with E-state index in [1.54, 1.807) is 18.2 Å². The number of anilines is 2. The number of carbonyl (C=O) groups is 1. The number of para-hydroxylation sites is 2. The molecule has 0 aliphatic carbocycles. The lowest BCUT2D eigenvalue weighted by Gasteiger charge is -2.04. The summed E-state index contributed by atoms with van der Waals surface area (Å²) in [7, 11) is 0. The molecule has 2 rings (SSSR count). The van der Waals surface area contributed by atoms with Gasteiger partial charge in [0.25, 0.3) is 5.91 Å². The van der Waals surface area contributed by atoms with E-state index in [-0.39, 0.29) is 22.9 Å². The second-order valence-electron chi connectivity index (χ2n) is 3.03. The van der Waals surface area contributed by atoms with Gasteiger partial charge in [0.15, 0.2) is 11.5 Å². The van der Waals surface area contributed by atoms with Crippen molar-refractivity contribution in [3.63, 3.8) is 0 Å². The minimum atomic E-state index is -0.534. The highest BCUT2D eigenvalue weighted by molar-refractivity contribution is 6.06. The molecule has 0 radical (unpaired) electrons. The van der Waals surface area contributed by atoms with Gasteiger partial charge in [-0.05, 0) is 12.1 Å². The summed E-state index contributed by atoms with van der Waals surface area (Å²) in [6.07, 6.45) is 0. The van der Waals surface area contributed by atoms with Gasteiger partial charge in [-0.2, -0.15) is 5.21 Å². The number of phenolic OH excluding ortho intramolecular Hbond substituents is 1. The van der Waals surface area contributed by atoms with Gasteiger partial charge < -0.3 is 16.2 Å². The van der Waals surface area contributed by atoms with E-state index in [1.165, 1.54) is 6.07 Å². The number of amides is 1. The normalized spacial score (nSPS) is 10.0. The van der Waals surface area contributed by atoms with Crippen LogP contribution in [0.1, 0.15) is 10.5 Å². The fraction of sp³-hybridized carbons (Fsp3) is 0. The minimum absolute atomic E-state index is 0.00733. The molecular formula is C9H9N5O2. The summed E-state index contributed by atoms with van der Waals surface area (Å²) in [5.74, 6) is -0.557. The molecule has 0 saturated carbocycles. The average Bonchev–Trinajstić information content (AvgIpc) is 2.68. The van der Waals surface area contributed by atoms with Crippen molar-refractivity contribution in [2.24, 2.45) is 0 Å². The van der Waals surface area contributed by atoms with Crippen LogP contribution in [-0.2, 0) is 0 Å². The first-order valence-electron chi connectivity index (χ1n) is 4.44. The van der Waals surface area contributed by atoms with Crippen LogP contribution < -0.4 is 11.1 Å². The third-order valence-electron chi connectivity index (χ3n) is 1.94. The summed E-state index contributed by atoms with van der Waals surface area (Å²) in [5, 5.41) is 21.2. The molecule has 0 saturated heterocycles. The third-order valence-corrected chi connectivity index (χ3v) is 1.94. The van der Waals surface area contributed by atoms with Crippen LogP contribution in [-0.4, -0.2) is 26.4 Å². The molecule has 1 amide bonds. The Bertz CT molecular complexity index is 522. The molecular weight excluding hydrogens is 210 g/mol. The number of hydrogen-bond acceptors (Lipinski definition) is 5. The smallest absolute Gasteiger partial charge is 0.280 e. The standard InChI is InChI=1S/C9H9N5O2/c10-8-7(12-14-13-8)9(16)11-5-3-1-2-4-6(5)15/h1-4,15H,(H,11,16)(H3,10,12,13,14). The number of hydrogen-bond donors (Lipinski definition) is 4. The van der Waals surface area contributed by atoms with E-state index >= 15 is 0 Å². The number of nitrogen functional groups attached to an aromatic ring is 1. The molecule has 0 aliphatic rings. The van der Waals surface area contributed by atoms with Crippen molar-refractivity contribution in [1.82, 2.24) is 15.4 Å². The molecule has 2 aromatic rings. The Balaban J connectivity index is 2.21. The lowest BCUT2D eigenvalue weighted by atomic mass is 10.3. The Labute approximate surface area is 90.3 Å². The third kappa shape index (κ3) is 1.78. The monoisotopic (exact) mass is 219 g/mol. The van der Waals surface area contributed by atoms with Gasteiger partial charge in [-0.15, -0.1) is 10.2 Å². The van der Waals surface area contributed by atoms with Crippen LogP contribution in [0.3, 0.4) is 0 Å². The molecule has 0 aliphatic heterocycles. The van der Waals surface area contributed by atoms with E-state index in [1.807, 2.05) is 0 Å². The maximum absolute atomic E-state index is 11.6. The number of H-pyrrole nitrogens is 1. The zero-order valence-corrected chi connectivity index (χ0v) is 8.14. The number of rotatable bonds is 2. The van der Waals surface area contributed by atoms with Crippen molar-refractivity contribution in [2.75, 3.05) is 11.1 Å². The fourth-order valence-corrected chi connectivity index (χ4v) is 1.17. The van der Waals surface area contributed by atoms with E-state index in [9.17, 15) is 9.90 Å². The second kappa shape index (κ2) is 3.89. The maximum Gasteiger partial charge on any atom is 0.280 e. The van der Waals surface area contributed by atoms with Gasteiger partial charge >= 0.3 is 0 Å². The topological polar surface area (TPSA) is 117 Å². The van der Waals surface area contributed by atoms with Crippen LogP contribution in [0.5, 0.6) is 5.75 Å². The number of nitrogens with two attached hydrogens (primary N) is 1. The number of nitrogens with one attached hydrogen (secondary N) is 2. The van der Waals surface area contributed by atoms with Crippen molar-refractivity contribution in [3.8, 4) is 5.75 Å². The predicted octanol–water partition coefficient (Wildman–Crippen LogP) is 0.345. The van der Waals surface area contributed by atoms with Crippen molar-refractivity contribution >= 4 is 17.4 Å². The lowest BCUT2D eigenvalue weighted by Crippen LogP contribution is -2.14. The molecule has 0 atom stereocenters. The van der Waals surface area contributed by atoms with Crippen LogP contribution in [0.25, 0.3) is 0 Å². The Morgan fingerprint density at radius 1 is 1.38 bits per heavy atom. The van der Waals surface area contributed by atoms with Crippen LogP contribution in [0.2, 0.25) is 0 Å². The Morgan fingerprint density at radius 2 is 2.12 bits per heavy atom. The molecule has 0 fully saturated rings. The molecule has 5 N–H and O–H groups in total. The van der Waals surface area contributed by atoms with Gasteiger partial charge in [-0.25, -0.2) is 0 Å². The van der Waals surface area contributed by atoms with E-state index in [2.05, 4.69) is 20.7 Å². The molecule has 0 bridgehead atoms. The summed E-state index contributed by atoms with van der Waals surface area (Å²) in [5.41, 5.74) is 5.68. The largest absolute Gasteiger partial charge is 0.506 e. The number of phenols is 1. The predicted molar refractivity (Wildman–Crippen MR) is 56.9 cm³/mol. The molecule has 1 aromatic heterocycles. The van der Waals surface area contributed by atoms with Crippen molar-refractivity contribution in [3.05, 3.63) is 30.0 Å². The van der Waals surface area contributed by atoms with Gasteiger partial charge in [0.2, 0.25) is 0 Å². The van der Waals surface area contributed by atoms with Crippen LogP contribution in [0.15, 0.2) is 24.3 Å². The van der Waals surface area contributed by atoms with E-state index in [0.717, 1.165) is 0 Å². The molecule has 16 heavy (non-hydrogen) atoms. The summed E-state index contributed by atoms with van der Waals surface area (Å²) in [6, 6.07) is 6.35. The van der Waals surface area contributed by atoms with Crippen molar-refractivity contribution < 1.29 is 9.90 Å². The number of nitrogens with zero attached hydrogens (tertiary/aromatic N) is 2.